The lowest BCUT2D eigenvalue weighted by Gasteiger charge is -2.17. The predicted octanol–water partition coefficient (Wildman–Crippen LogP) is 6.00. The lowest BCUT2D eigenvalue weighted by Crippen LogP contribution is -2.22. The minimum atomic E-state index is -1.04. The Balaban J connectivity index is 1.76. The first-order valence-corrected chi connectivity index (χ1v) is 12.6. The fourth-order valence-electron chi connectivity index (χ4n) is 2.84. The van der Waals surface area contributed by atoms with Crippen molar-refractivity contribution in [3.63, 3.8) is 0 Å². The third kappa shape index (κ3) is 4.28. The number of hydrogen-bond donors (Lipinski definition) is 0. The van der Waals surface area contributed by atoms with Gasteiger partial charge in [-0.3, -0.25) is 0 Å². The summed E-state index contributed by atoms with van der Waals surface area (Å²) in [7, 11) is -1.04. The van der Waals surface area contributed by atoms with Crippen molar-refractivity contribution in [2.75, 3.05) is 6.61 Å². The second kappa shape index (κ2) is 6.84. The Morgan fingerprint density at radius 1 is 1.17 bits per heavy atom. The van der Waals surface area contributed by atoms with Gasteiger partial charge in [0.2, 0.25) is 0 Å². The average Bonchev–Trinajstić information content (AvgIpc) is 3.22. The van der Waals surface area contributed by atoms with Crippen LogP contribution in [0.25, 0.3) is 11.3 Å². The van der Waals surface area contributed by atoms with E-state index in [-0.39, 0.29) is 0 Å². The topological polar surface area (TPSA) is 14.2 Å². The van der Waals surface area contributed by atoms with Crippen molar-refractivity contribution in [3.8, 4) is 11.3 Å². The molecular weight excluding hydrogens is 322 g/mol. The number of rotatable bonds is 7. The number of benzene rings is 1. The van der Waals surface area contributed by atoms with Gasteiger partial charge in [0.05, 0.1) is 10.7 Å². The Morgan fingerprint density at radius 3 is 2.65 bits per heavy atom. The van der Waals surface area contributed by atoms with E-state index in [1.165, 1.54) is 35.7 Å². The van der Waals surface area contributed by atoms with E-state index in [1.807, 2.05) is 6.07 Å². The van der Waals surface area contributed by atoms with Crippen LogP contribution in [0.5, 0.6) is 0 Å². The molecule has 0 radical (unpaired) electrons. The highest BCUT2D eigenvalue weighted by Gasteiger charge is 2.28. The molecule has 124 valence electrons. The van der Waals surface area contributed by atoms with E-state index < -0.39 is 8.07 Å². The van der Waals surface area contributed by atoms with Crippen LogP contribution >= 0.6 is 11.6 Å². The monoisotopic (exact) mass is 347 g/mol. The predicted molar refractivity (Wildman–Crippen MR) is 101 cm³/mol. The molecule has 0 spiro atoms. The van der Waals surface area contributed by atoms with E-state index in [1.54, 1.807) is 0 Å². The van der Waals surface area contributed by atoms with Gasteiger partial charge in [-0.25, -0.2) is 0 Å². The van der Waals surface area contributed by atoms with E-state index >= 15 is 0 Å². The highest BCUT2D eigenvalue weighted by molar-refractivity contribution is 6.76. The Labute approximate surface area is 145 Å². The molecule has 0 unspecified atom stereocenters. The molecule has 23 heavy (non-hydrogen) atoms. The molecule has 0 bridgehead atoms. The highest BCUT2D eigenvalue weighted by atomic mass is 35.5. The molecular formula is C19H26ClNOSi. The zero-order valence-corrected chi connectivity index (χ0v) is 16.1. The van der Waals surface area contributed by atoms with E-state index in [4.69, 9.17) is 16.3 Å². The average molecular weight is 348 g/mol. The van der Waals surface area contributed by atoms with Crippen LogP contribution in [0.3, 0.4) is 0 Å². The summed E-state index contributed by atoms with van der Waals surface area (Å²) in [5.41, 5.74) is 3.75. The highest BCUT2D eigenvalue weighted by Crippen LogP contribution is 2.46. The maximum absolute atomic E-state index is 6.54. The first-order valence-electron chi connectivity index (χ1n) is 8.47. The van der Waals surface area contributed by atoms with Crippen LogP contribution in [0.2, 0.25) is 30.7 Å². The van der Waals surface area contributed by atoms with Crippen LogP contribution in [-0.4, -0.2) is 19.2 Å². The van der Waals surface area contributed by atoms with Crippen LogP contribution in [0.1, 0.15) is 24.3 Å². The first-order chi connectivity index (χ1) is 11.0. The van der Waals surface area contributed by atoms with E-state index in [0.29, 0.717) is 12.6 Å². The molecule has 1 aromatic carbocycles. The van der Waals surface area contributed by atoms with Crippen molar-refractivity contribution < 1.29 is 4.74 Å². The second-order valence-electron chi connectivity index (χ2n) is 7.69. The summed E-state index contributed by atoms with van der Waals surface area (Å²) in [6.45, 7) is 8.57. The molecule has 2 aromatic rings. The Bertz CT molecular complexity index is 670. The van der Waals surface area contributed by atoms with Crippen molar-refractivity contribution in [2.24, 2.45) is 0 Å². The molecule has 1 aliphatic carbocycles. The molecule has 1 heterocycles. The van der Waals surface area contributed by atoms with Gasteiger partial charge in [0, 0.05) is 26.4 Å². The zero-order valence-electron chi connectivity index (χ0n) is 14.3. The third-order valence-electron chi connectivity index (χ3n) is 4.38. The van der Waals surface area contributed by atoms with Crippen LogP contribution in [0.15, 0.2) is 36.5 Å². The van der Waals surface area contributed by atoms with Crippen molar-refractivity contribution in [1.82, 2.24) is 4.57 Å². The Morgan fingerprint density at radius 2 is 1.96 bits per heavy atom. The van der Waals surface area contributed by atoms with Crippen molar-refractivity contribution in [3.05, 3.63) is 47.1 Å². The summed E-state index contributed by atoms with van der Waals surface area (Å²) in [5.74, 6) is 0.680. The molecule has 4 heteroatoms. The Kier molecular flexibility index (Phi) is 5.00. The Hall–Kier alpha value is -1.03. The van der Waals surface area contributed by atoms with Crippen LogP contribution < -0.4 is 0 Å². The number of ether oxygens (including phenoxy) is 1. The van der Waals surface area contributed by atoms with Gasteiger partial charge < -0.3 is 9.30 Å². The van der Waals surface area contributed by atoms with E-state index in [9.17, 15) is 0 Å². The van der Waals surface area contributed by atoms with Gasteiger partial charge in [0.1, 0.15) is 6.73 Å². The van der Waals surface area contributed by atoms with Crippen molar-refractivity contribution in [1.29, 1.82) is 0 Å². The molecule has 0 amide bonds. The molecule has 0 aliphatic heterocycles. The molecule has 2 nitrogen and oxygen atoms in total. The maximum Gasteiger partial charge on any atom is 0.122 e. The zero-order chi connectivity index (χ0) is 16.4. The fraction of sp³-hybridized carbons (Fsp3) is 0.474. The van der Waals surface area contributed by atoms with Gasteiger partial charge >= 0.3 is 0 Å². The van der Waals surface area contributed by atoms with Gasteiger partial charge in [-0.2, -0.15) is 0 Å². The molecule has 1 aliphatic rings. The van der Waals surface area contributed by atoms with Crippen molar-refractivity contribution in [2.45, 2.75) is 51.2 Å². The number of aromatic nitrogens is 1. The minimum absolute atomic E-state index is 0.599. The third-order valence-corrected chi connectivity index (χ3v) is 6.39. The second-order valence-corrected chi connectivity index (χ2v) is 13.7. The summed E-state index contributed by atoms with van der Waals surface area (Å²) in [5, 5.41) is 0.844. The molecule has 0 saturated heterocycles. The van der Waals surface area contributed by atoms with Crippen molar-refractivity contribution >= 4 is 19.7 Å². The molecule has 0 N–H and O–H groups in total. The van der Waals surface area contributed by atoms with Gasteiger partial charge in [-0.15, -0.1) is 0 Å². The van der Waals surface area contributed by atoms with Crippen LogP contribution in [0.4, 0.5) is 0 Å². The number of hydrogen-bond acceptors (Lipinski definition) is 1. The van der Waals surface area contributed by atoms with Crippen LogP contribution in [0, 0.1) is 0 Å². The number of nitrogens with zero attached hydrogens (tertiary/aromatic N) is 1. The first kappa shape index (κ1) is 16.8. The summed E-state index contributed by atoms with van der Waals surface area (Å²) in [6, 6.07) is 11.7. The summed E-state index contributed by atoms with van der Waals surface area (Å²) < 4.78 is 8.10. The normalized spacial score (nSPS) is 15.1. The smallest absolute Gasteiger partial charge is 0.122 e. The van der Waals surface area contributed by atoms with Gasteiger partial charge in [-0.1, -0.05) is 43.4 Å². The number of halogens is 1. The van der Waals surface area contributed by atoms with E-state index in [0.717, 1.165) is 11.6 Å². The molecule has 0 atom stereocenters. The largest absolute Gasteiger partial charge is 0.361 e. The lowest BCUT2D eigenvalue weighted by molar-refractivity contribution is 0.0885. The molecule has 1 saturated carbocycles. The summed E-state index contributed by atoms with van der Waals surface area (Å²) in [6.07, 6.45) is 4.64. The SMILES string of the molecule is C[Si](C)(C)CCOCn1cccc1-c1c(Cl)cccc1C1CC1. The standard InChI is InChI=1S/C19H26ClNOSi/c1-23(2,3)13-12-22-14-21-11-5-8-18(21)19-16(15-9-10-15)6-4-7-17(19)20/h4-8,11,15H,9-10,12-14H2,1-3H3. The molecule has 1 fully saturated rings. The summed E-state index contributed by atoms with van der Waals surface area (Å²) in [4.78, 5) is 0. The summed E-state index contributed by atoms with van der Waals surface area (Å²) >= 11 is 6.54. The lowest BCUT2D eigenvalue weighted by atomic mass is 10.0. The van der Waals surface area contributed by atoms with E-state index in [2.05, 4.69) is 54.7 Å². The van der Waals surface area contributed by atoms with Gasteiger partial charge in [-0.05, 0) is 48.6 Å². The molecule has 3 rings (SSSR count). The maximum atomic E-state index is 6.54. The van der Waals surface area contributed by atoms with Crippen LogP contribution in [-0.2, 0) is 11.5 Å². The van der Waals surface area contributed by atoms with Gasteiger partial charge in [0.25, 0.3) is 0 Å². The quantitative estimate of drug-likeness (QED) is 0.442. The van der Waals surface area contributed by atoms with Gasteiger partial charge in [0.15, 0.2) is 0 Å². The fourth-order valence-corrected chi connectivity index (χ4v) is 3.88. The minimum Gasteiger partial charge on any atom is -0.361 e. The molecule has 1 aromatic heterocycles.